The minimum Gasteiger partial charge on any atom is -0.493 e. The van der Waals surface area contributed by atoms with Gasteiger partial charge in [0.2, 0.25) is 5.75 Å². The molecule has 26 heavy (non-hydrogen) atoms. The van der Waals surface area contributed by atoms with Crippen LogP contribution in [-0.4, -0.2) is 58.6 Å². The van der Waals surface area contributed by atoms with Gasteiger partial charge in [0.05, 0.1) is 21.3 Å². The lowest BCUT2D eigenvalue weighted by Gasteiger charge is -2.36. The number of benzene rings is 1. The van der Waals surface area contributed by atoms with E-state index < -0.39 is 12.6 Å². The Morgan fingerprint density at radius 2 is 1.58 bits per heavy atom. The summed E-state index contributed by atoms with van der Waals surface area (Å²) in [6.07, 6.45) is -5.03. The van der Waals surface area contributed by atoms with Gasteiger partial charge in [-0.3, -0.25) is 4.90 Å². The van der Waals surface area contributed by atoms with Crippen LogP contribution < -0.4 is 19.5 Å². The normalized spacial score (nSPS) is 16.5. The standard InChI is InChI=1S/C17H25F3N2O3.ClH/c1-23-14-10-12(11-15(24-2)16(14)25-3)13(4-5-17(18,19)20)22-8-6-21-7-9-22;/h10-11,13,21H,4-9H2,1-3H3;1H/t13-;/m1./s1. The van der Waals surface area contributed by atoms with Crippen LogP contribution in [0.1, 0.15) is 24.4 Å². The largest absolute Gasteiger partial charge is 0.493 e. The molecule has 0 unspecified atom stereocenters. The highest BCUT2D eigenvalue weighted by Crippen LogP contribution is 2.42. The maximum atomic E-state index is 12.8. The highest BCUT2D eigenvalue weighted by Gasteiger charge is 2.32. The van der Waals surface area contributed by atoms with Crippen molar-refractivity contribution < 1.29 is 27.4 Å². The number of alkyl halides is 3. The van der Waals surface area contributed by atoms with Crippen LogP contribution in [0.15, 0.2) is 12.1 Å². The molecule has 150 valence electrons. The predicted molar refractivity (Wildman–Crippen MR) is 95.8 cm³/mol. The molecule has 1 aliphatic heterocycles. The number of halogens is 4. The third-order valence-corrected chi connectivity index (χ3v) is 4.37. The molecule has 1 fully saturated rings. The maximum absolute atomic E-state index is 12.8. The van der Waals surface area contributed by atoms with E-state index in [1.54, 1.807) is 12.1 Å². The van der Waals surface area contributed by atoms with E-state index in [0.717, 1.165) is 18.7 Å². The van der Waals surface area contributed by atoms with Crippen LogP contribution in [-0.2, 0) is 0 Å². The molecule has 0 spiro atoms. The fraction of sp³-hybridized carbons (Fsp3) is 0.647. The monoisotopic (exact) mass is 398 g/mol. The highest BCUT2D eigenvalue weighted by molar-refractivity contribution is 5.85. The van der Waals surface area contributed by atoms with Gasteiger partial charge in [0.15, 0.2) is 11.5 Å². The summed E-state index contributed by atoms with van der Waals surface area (Å²) in [4.78, 5) is 2.07. The van der Waals surface area contributed by atoms with Crippen LogP contribution in [0.2, 0.25) is 0 Å². The van der Waals surface area contributed by atoms with E-state index in [2.05, 4.69) is 10.2 Å². The van der Waals surface area contributed by atoms with Crippen LogP contribution >= 0.6 is 12.4 Å². The molecule has 9 heteroatoms. The van der Waals surface area contributed by atoms with Crippen LogP contribution in [0.25, 0.3) is 0 Å². The molecule has 0 radical (unpaired) electrons. The first-order valence-corrected chi connectivity index (χ1v) is 8.21. The Balaban J connectivity index is 0.00000338. The summed E-state index contributed by atoms with van der Waals surface area (Å²) < 4.78 is 54.4. The summed E-state index contributed by atoms with van der Waals surface area (Å²) in [5, 5.41) is 3.22. The second-order valence-corrected chi connectivity index (χ2v) is 5.91. The Bertz CT molecular complexity index is 542. The Kier molecular flexibility index (Phi) is 8.79. The topological polar surface area (TPSA) is 43.0 Å². The van der Waals surface area contributed by atoms with E-state index in [9.17, 15) is 13.2 Å². The lowest BCUT2D eigenvalue weighted by atomic mass is 9.98. The minimum absolute atomic E-state index is 0. The lowest BCUT2D eigenvalue weighted by Crippen LogP contribution is -2.45. The summed E-state index contributed by atoms with van der Waals surface area (Å²) >= 11 is 0. The van der Waals surface area contributed by atoms with Crippen molar-refractivity contribution in [3.8, 4) is 17.2 Å². The first-order valence-electron chi connectivity index (χ1n) is 8.21. The first-order chi connectivity index (χ1) is 11.9. The fourth-order valence-electron chi connectivity index (χ4n) is 3.15. The van der Waals surface area contributed by atoms with Crippen molar-refractivity contribution >= 4 is 12.4 Å². The van der Waals surface area contributed by atoms with E-state index in [1.165, 1.54) is 21.3 Å². The van der Waals surface area contributed by atoms with Crippen molar-refractivity contribution in [2.75, 3.05) is 47.5 Å². The van der Waals surface area contributed by atoms with Gasteiger partial charge < -0.3 is 19.5 Å². The molecule has 0 saturated carbocycles. The maximum Gasteiger partial charge on any atom is 0.389 e. The molecule has 1 aromatic rings. The van der Waals surface area contributed by atoms with Crippen LogP contribution in [0, 0.1) is 0 Å². The number of methoxy groups -OCH3 is 3. The number of nitrogens with one attached hydrogen (secondary N) is 1. The fourth-order valence-corrected chi connectivity index (χ4v) is 3.15. The number of hydrogen-bond donors (Lipinski definition) is 1. The summed E-state index contributed by atoms with van der Waals surface area (Å²) in [6, 6.07) is 3.12. The van der Waals surface area contributed by atoms with Gasteiger partial charge in [-0.1, -0.05) is 0 Å². The molecule has 0 aromatic heterocycles. The SMILES string of the molecule is COc1cc([C@@H](CCC(F)(F)F)N2CCNCC2)cc(OC)c1OC.Cl. The Hall–Kier alpha value is -1.38. The van der Waals surface area contributed by atoms with Crippen LogP contribution in [0.5, 0.6) is 17.2 Å². The number of ether oxygens (including phenoxy) is 3. The Morgan fingerprint density at radius 1 is 1.04 bits per heavy atom. The van der Waals surface area contributed by atoms with Crippen molar-refractivity contribution in [2.24, 2.45) is 0 Å². The third-order valence-electron chi connectivity index (χ3n) is 4.37. The zero-order chi connectivity index (χ0) is 18.4. The Labute approximate surface area is 158 Å². The van der Waals surface area contributed by atoms with E-state index in [-0.39, 0.29) is 24.9 Å². The lowest BCUT2D eigenvalue weighted by molar-refractivity contribution is -0.138. The molecule has 1 N–H and O–H groups in total. The van der Waals surface area contributed by atoms with Crippen molar-refractivity contribution in [1.29, 1.82) is 0 Å². The van der Waals surface area contributed by atoms with Gasteiger partial charge in [-0.25, -0.2) is 0 Å². The molecular weight excluding hydrogens is 373 g/mol. The van der Waals surface area contributed by atoms with Gasteiger partial charge in [0.25, 0.3) is 0 Å². The molecule has 0 bridgehead atoms. The smallest absolute Gasteiger partial charge is 0.389 e. The molecule has 1 saturated heterocycles. The number of nitrogens with zero attached hydrogens (tertiary/aromatic N) is 1. The van der Waals surface area contributed by atoms with E-state index in [0.29, 0.717) is 30.3 Å². The minimum atomic E-state index is -4.19. The summed E-state index contributed by atoms with van der Waals surface area (Å²) in [7, 11) is 4.49. The van der Waals surface area contributed by atoms with Crippen LogP contribution in [0.3, 0.4) is 0 Å². The van der Waals surface area contributed by atoms with Crippen molar-refractivity contribution in [3.05, 3.63) is 17.7 Å². The van der Waals surface area contributed by atoms with E-state index in [4.69, 9.17) is 14.2 Å². The Morgan fingerprint density at radius 3 is 2.00 bits per heavy atom. The number of rotatable bonds is 7. The molecule has 5 nitrogen and oxygen atoms in total. The number of hydrogen-bond acceptors (Lipinski definition) is 5. The third kappa shape index (κ3) is 5.82. The highest BCUT2D eigenvalue weighted by atomic mass is 35.5. The zero-order valence-electron chi connectivity index (χ0n) is 15.2. The zero-order valence-corrected chi connectivity index (χ0v) is 16.0. The molecule has 1 heterocycles. The summed E-state index contributed by atoms with van der Waals surface area (Å²) in [6.45, 7) is 2.90. The molecule has 0 amide bonds. The van der Waals surface area contributed by atoms with Crippen molar-refractivity contribution in [1.82, 2.24) is 10.2 Å². The number of piperazine rings is 1. The summed E-state index contributed by atoms with van der Waals surface area (Å²) in [5.41, 5.74) is 0.737. The van der Waals surface area contributed by atoms with Crippen LogP contribution in [0.4, 0.5) is 13.2 Å². The second-order valence-electron chi connectivity index (χ2n) is 5.91. The van der Waals surface area contributed by atoms with Crippen molar-refractivity contribution in [3.63, 3.8) is 0 Å². The van der Waals surface area contributed by atoms with E-state index >= 15 is 0 Å². The van der Waals surface area contributed by atoms with Gasteiger partial charge in [0.1, 0.15) is 0 Å². The molecule has 1 aliphatic rings. The van der Waals surface area contributed by atoms with Gasteiger partial charge in [-0.2, -0.15) is 13.2 Å². The van der Waals surface area contributed by atoms with Gasteiger partial charge in [0, 0.05) is 38.6 Å². The molecule has 0 aliphatic carbocycles. The van der Waals surface area contributed by atoms with Crippen molar-refractivity contribution in [2.45, 2.75) is 25.1 Å². The van der Waals surface area contributed by atoms with Gasteiger partial charge in [-0.15, -0.1) is 12.4 Å². The molecular formula is C17H26ClF3N2O3. The van der Waals surface area contributed by atoms with Gasteiger partial charge >= 0.3 is 6.18 Å². The predicted octanol–water partition coefficient (Wildman–Crippen LogP) is 3.42. The molecule has 1 aromatic carbocycles. The average Bonchev–Trinajstić information content (AvgIpc) is 2.60. The van der Waals surface area contributed by atoms with Gasteiger partial charge in [-0.05, 0) is 24.1 Å². The second kappa shape index (κ2) is 10.1. The molecule has 2 rings (SSSR count). The summed E-state index contributed by atoms with van der Waals surface area (Å²) in [5.74, 6) is 1.33. The quantitative estimate of drug-likeness (QED) is 0.762. The molecule has 1 atom stereocenters. The van der Waals surface area contributed by atoms with E-state index in [1.807, 2.05) is 0 Å². The average molecular weight is 399 g/mol. The first kappa shape index (κ1) is 22.7.